The normalized spacial score (nSPS) is 11.4. The summed E-state index contributed by atoms with van der Waals surface area (Å²) < 4.78 is 11.2. The molecule has 0 aliphatic rings. The lowest BCUT2D eigenvalue weighted by atomic mass is 10.2. The number of carboxylic acids is 1. The van der Waals surface area contributed by atoms with Crippen molar-refractivity contribution in [2.24, 2.45) is 0 Å². The summed E-state index contributed by atoms with van der Waals surface area (Å²) in [4.78, 5) is 11.7. The average molecular weight is 417 g/mol. The largest absolute Gasteiger partial charge is 0.489 e. The molecule has 3 aromatic rings. The van der Waals surface area contributed by atoms with Gasteiger partial charge in [0.15, 0.2) is 0 Å². The number of rotatable bonds is 8. The van der Waals surface area contributed by atoms with E-state index in [2.05, 4.69) is 10.2 Å². The minimum absolute atomic E-state index is 0.0705. The zero-order valence-corrected chi connectivity index (χ0v) is 16.5. The molecule has 0 saturated carbocycles. The fraction of sp³-hybridized carbons (Fsp3) is 0.150. The van der Waals surface area contributed by atoms with E-state index in [-0.39, 0.29) is 10.1 Å². The highest BCUT2D eigenvalue weighted by atomic mass is 35.5. The van der Waals surface area contributed by atoms with Gasteiger partial charge in [-0.25, -0.2) is 4.79 Å². The minimum Gasteiger partial charge on any atom is -0.489 e. The van der Waals surface area contributed by atoms with Gasteiger partial charge in [0.25, 0.3) is 5.22 Å². The maximum Gasteiger partial charge on any atom is 0.342 e. The summed E-state index contributed by atoms with van der Waals surface area (Å²) in [5.74, 6) is 0.0167. The van der Waals surface area contributed by atoms with Crippen LogP contribution in [0.2, 0.25) is 5.02 Å². The molecule has 0 bridgehead atoms. The number of aromatic nitrogens is 2. The van der Waals surface area contributed by atoms with Crippen LogP contribution in [-0.2, 0) is 17.8 Å². The third kappa shape index (κ3) is 5.61. The molecule has 144 valence electrons. The predicted octanol–water partition coefficient (Wildman–Crippen LogP) is 5.08. The molecule has 6 nitrogen and oxygen atoms in total. The zero-order chi connectivity index (χ0) is 19.9. The van der Waals surface area contributed by atoms with E-state index in [1.807, 2.05) is 25.1 Å². The Balaban J connectivity index is 1.72. The molecule has 0 amide bonds. The first-order valence-electron chi connectivity index (χ1n) is 8.46. The second-order valence-electron chi connectivity index (χ2n) is 5.72. The second-order valence-corrected chi connectivity index (χ2v) is 7.15. The second kappa shape index (κ2) is 9.43. The van der Waals surface area contributed by atoms with Crippen LogP contribution in [0.4, 0.5) is 0 Å². The van der Waals surface area contributed by atoms with Gasteiger partial charge in [0.2, 0.25) is 5.89 Å². The highest BCUT2D eigenvalue weighted by Crippen LogP contribution is 2.28. The van der Waals surface area contributed by atoms with E-state index in [0.29, 0.717) is 35.3 Å². The van der Waals surface area contributed by atoms with Gasteiger partial charge in [0.05, 0.1) is 0 Å². The lowest BCUT2D eigenvalue weighted by molar-refractivity contribution is -0.131. The molecule has 2 aromatic carbocycles. The predicted molar refractivity (Wildman–Crippen MR) is 107 cm³/mol. The monoisotopic (exact) mass is 416 g/mol. The van der Waals surface area contributed by atoms with Gasteiger partial charge in [-0.05, 0) is 53.2 Å². The van der Waals surface area contributed by atoms with Gasteiger partial charge in [-0.1, -0.05) is 42.8 Å². The zero-order valence-electron chi connectivity index (χ0n) is 15.0. The van der Waals surface area contributed by atoms with Gasteiger partial charge in [-0.2, -0.15) is 0 Å². The number of carbonyl (C=O) groups is 1. The molecule has 1 N–H and O–H groups in total. The number of thioether (sulfide) groups is 1. The van der Waals surface area contributed by atoms with E-state index in [1.165, 1.54) is 6.08 Å². The van der Waals surface area contributed by atoms with Crippen LogP contribution >= 0.6 is 23.4 Å². The molecule has 0 atom stereocenters. The highest BCUT2D eigenvalue weighted by Gasteiger charge is 2.15. The first-order chi connectivity index (χ1) is 13.5. The number of halogens is 1. The van der Waals surface area contributed by atoms with Crippen molar-refractivity contribution in [2.75, 3.05) is 0 Å². The molecule has 0 spiro atoms. The molecule has 0 fully saturated rings. The first kappa shape index (κ1) is 20.0. The number of hydrogen-bond acceptors (Lipinski definition) is 6. The third-order valence-corrected chi connectivity index (χ3v) is 4.74. The molecule has 3 rings (SSSR count). The van der Waals surface area contributed by atoms with Gasteiger partial charge in [-0.3, -0.25) is 0 Å². The van der Waals surface area contributed by atoms with Crippen LogP contribution in [0.3, 0.4) is 0 Å². The van der Waals surface area contributed by atoms with Gasteiger partial charge in [-0.15, -0.1) is 10.2 Å². The number of hydrogen-bond donors (Lipinski definition) is 1. The van der Waals surface area contributed by atoms with Crippen molar-refractivity contribution in [1.29, 1.82) is 0 Å². The van der Waals surface area contributed by atoms with E-state index in [0.717, 1.165) is 17.3 Å². The van der Waals surface area contributed by atoms with Gasteiger partial charge in [0, 0.05) is 11.4 Å². The fourth-order valence-electron chi connectivity index (χ4n) is 2.24. The summed E-state index contributed by atoms with van der Waals surface area (Å²) in [7, 11) is 0. The van der Waals surface area contributed by atoms with Crippen LogP contribution in [-0.4, -0.2) is 21.3 Å². The van der Waals surface area contributed by atoms with Crippen molar-refractivity contribution in [3.63, 3.8) is 0 Å². The molecule has 0 unspecified atom stereocenters. The van der Waals surface area contributed by atoms with E-state index < -0.39 is 5.97 Å². The van der Waals surface area contributed by atoms with Crippen molar-refractivity contribution >= 4 is 35.4 Å². The lowest BCUT2D eigenvalue weighted by Crippen LogP contribution is -1.97. The Morgan fingerprint density at radius 3 is 2.71 bits per heavy atom. The van der Waals surface area contributed by atoms with Gasteiger partial charge in [0.1, 0.15) is 17.3 Å². The number of aliphatic carboxylic acids is 1. The quantitative estimate of drug-likeness (QED) is 0.404. The molecule has 1 heterocycles. The number of benzene rings is 2. The minimum atomic E-state index is -1.08. The Bertz CT molecular complexity index is 986. The SMILES string of the molecule is CCc1nnc(S/C(=C\c2cccc(OCc3ccc(Cl)cc3)c2)C(=O)O)o1. The average Bonchev–Trinajstić information content (AvgIpc) is 3.15. The Morgan fingerprint density at radius 1 is 1.25 bits per heavy atom. The summed E-state index contributed by atoms with van der Waals surface area (Å²) >= 11 is 6.79. The first-order valence-corrected chi connectivity index (χ1v) is 9.65. The molecule has 0 aliphatic heterocycles. The van der Waals surface area contributed by atoms with Gasteiger partial charge < -0.3 is 14.3 Å². The van der Waals surface area contributed by atoms with Crippen molar-refractivity contribution in [3.8, 4) is 5.75 Å². The Morgan fingerprint density at radius 2 is 2.04 bits per heavy atom. The number of nitrogens with zero attached hydrogens (tertiary/aromatic N) is 2. The summed E-state index contributed by atoms with van der Waals surface area (Å²) in [5.41, 5.74) is 1.67. The maximum atomic E-state index is 11.6. The number of aryl methyl sites for hydroxylation is 1. The van der Waals surface area contributed by atoms with Crippen LogP contribution < -0.4 is 4.74 Å². The molecular weight excluding hydrogens is 400 g/mol. The fourth-order valence-corrected chi connectivity index (χ4v) is 3.06. The van der Waals surface area contributed by atoms with Crippen LogP contribution in [0.5, 0.6) is 5.75 Å². The summed E-state index contributed by atoms with van der Waals surface area (Å²) in [6.07, 6.45) is 2.13. The lowest BCUT2D eigenvalue weighted by Gasteiger charge is -2.07. The molecule has 0 aliphatic carbocycles. The Hall–Kier alpha value is -2.77. The van der Waals surface area contributed by atoms with Crippen LogP contribution in [0, 0.1) is 0 Å². The summed E-state index contributed by atoms with van der Waals surface area (Å²) in [6, 6.07) is 14.6. The molecular formula is C20H17ClN2O4S. The smallest absolute Gasteiger partial charge is 0.342 e. The van der Waals surface area contributed by atoms with Crippen LogP contribution in [0.1, 0.15) is 23.9 Å². The van der Waals surface area contributed by atoms with Crippen LogP contribution in [0.15, 0.2) is 63.1 Å². The highest BCUT2D eigenvalue weighted by molar-refractivity contribution is 8.03. The van der Waals surface area contributed by atoms with Crippen LogP contribution in [0.25, 0.3) is 6.08 Å². The molecule has 28 heavy (non-hydrogen) atoms. The Kier molecular flexibility index (Phi) is 6.73. The van der Waals surface area contributed by atoms with Gasteiger partial charge >= 0.3 is 5.97 Å². The van der Waals surface area contributed by atoms with Crippen molar-refractivity contribution in [2.45, 2.75) is 25.2 Å². The summed E-state index contributed by atoms with van der Waals surface area (Å²) in [6.45, 7) is 2.26. The Labute approximate surface area is 171 Å². The van der Waals surface area contributed by atoms with Crippen molar-refractivity contribution in [1.82, 2.24) is 10.2 Å². The van der Waals surface area contributed by atoms with Crippen molar-refractivity contribution in [3.05, 3.63) is 75.5 Å². The van der Waals surface area contributed by atoms with E-state index in [9.17, 15) is 9.90 Å². The third-order valence-electron chi connectivity index (χ3n) is 3.63. The van der Waals surface area contributed by atoms with E-state index in [4.69, 9.17) is 20.8 Å². The van der Waals surface area contributed by atoms with E-state index in [1.54, 1.807) is 30.3 Å². The van der Waals surface area contributed by atoms with Crippen molar-refractivity contribution < 1.29 is 19.1 Å². The molecule has 0 radical (unpaired) electrons. The topological polar surface area (TPSA) is 85.5 Å². The number of carboxylic acid groups (broad SMARTS) is 1. The maximum absolute atomic E-state index is 11.6. The summed E-state index contributed by atoms with van der Waals surface area (Å²) in [5, 5.41) is 18.0. The molecule has 1 aromatic heterocycles. The number of ether oxygens (including phenoxy) is 1. The van der Waals surface area contributed by atoms with E-state index >= 15 is 0 Å². The standard InChI is InChI=1S/C20H17ClN2O4S/c1-2-18-22-23-20(27-18)28-17(19(24)25)11-14-4-3-5-16(10-14)26-12-13-6-8-15(21)9-7-13/h3-11H,2,12H2,1H3,(H,24,25)/b17-11-. The molecule has 0 saturated heterocycles. The molecule has 8 heteroatoms.